The first-order chi connectivity index (χ1) is 14.6. The number of carbonyl (C=O) groups is 2. The maximum Gasteiger partial charge on any atom is 0.260 e. The van der Waals surface area contributed by atoms with Crippen molar-refractivity contribution in [3.63, 3.8) is 0 Å². The molecule has 1 heterocycles. The summed E-state index contributed by atoms with van der Waals surface area (Å²) < 4.78 is 16.3. The summed E-state index contributed by atoms with van der Waals surface area (Å²) in [6, 6.07) is 14.4. The van der Waals surface area contributed by atoms with E-state index in [1.165, 1.54) is 0 Å². The van der Waals surface area contributed by atoms with Crippen LogP contribution in [-0.2, 0) is 4.79 Å². The standard InChI is InChI=1S/C23H28N2O5/c1-3-29-20-6-4-5-7-21(20)30-16-22(26)25-14-12-18(13-15-25)24-23(27)17-8-10-19(28-2)11-9-17/h4-11,18H,3,12-16H2,1-2H3,(H,24,27). The van der Waals surface area contributed by atoms with Crippen molar-refractivity contribution >= 4 is 11.8 Å². The number of methoxy groups -OCH3 is 1. The fraction of sp³-hybridized carbons (Fsp3) is 0.391. The van der Waals surface area contributed by atoms with Gasteiger partial charge in [-0.1, -0.05) is 12.1 Å². The van der Waals surface area contributed by atoms with Crippen LogP contribution in [0.2, 0.25) is 0 Å². The molecule has 30 heavy (non-hydrogen) atoms. The molecule has 1 saturated heterocycles. The fourth-order valence-electron chi connectivity index (χ4n) is 3.36. The van der Waals surface area contributed by atoms with Crippen molar-refractivity contribution in [1.29, 1.82) is 0 Å². The van der Waals surface area contributed by atoms with Gasteiger partial charge in [0.1, 0.15) is 5.75 Å². The number of likely N-dealkylation sites (tertiary alicyclic amines) is 1. The Morgan fingerprint density at radius 1 is 1.00 bits per heavy atom. The number of para-hydroxylation sites is 2. The highest BCUT2D eigenvalue weighted by Crippen LogP contribution is 2.26. The molecule has 2 amide bonds. The van der Waals surface area contributed by atoms with E-state index < -0.39 is 0 Å². The van der Waals surface area contributed by atoms with E-state index in [2.05, 4.69) is 5.32 Å². The third-order valence-electron chi connectivity index (χ3n) is 5.04. The Balaban J connectivity index is 1.44. The van der Waals surface area contributed by atoms with E-state index in [1.54, 1.807) is 42.3 Å². The number of nitrogens with zero attached hydrogens (tertiary/aromatic N) is 1. The Kier molecular flexibility index (Phi) is 7.54. The first kappa shape index (κ1) is 21.5. The summed E-state index contributed by atoms with van der Waals surface area (Å²) >= 11 is 0. The van der Waals surface area contributed by atoms with E-state index >= 15 is 0 Å². The van der Waals surface area contributed by atoms with E-state index in [9.17, 15) is 9.59 Å². The van der Waals surface area contributed by atoms with Crippen LogP contribution in [-0.4, -0.2) is 56.2 Å². The molecule has 0 bridgehead atoms. The van der Waals surface area contributed by atoms with Gasteiger partial charge in [-0.3, -0.25) is 9.59 Å². The van der Waals surface area contributed by atoms with Gasteiger partial charge >= 0.3 is 0 Å². The van der Waals surface area contributed by atoms with Gasteiger partial charge in [0.05, 0.1) is 13.7 Å². The number of ether oxygens (including phenoxy) is 3. The second-order valence-electron chi connectivity index (χ2n) is 7.03. The Labute approximate surface area is 176 Å². The van der Waals surface area contributed by atoms with Crippen molar-refractivity contribution in [1.82, 2.24) is 10.2 Å². The Morgan fingerprint density at radius 2 is 1.63 bits per heavy atom. The van der Waals surface area contributed by atoms with E-state index in [0.717, 1.165) is 0 Å². The topological polar surface area (TPSA) is 77.1 Å². The Bertz CT molecular complexity index is 845. The normalized spacial score (nSPS) is 14.1. The number of hydrogen-bond donors (Lipinski definition) is 1. The third kappa shape index (κ3) is 5.65. The van der Waals surface area contributed by atoms with Crippen molar-refractivity contribution in [3.05, 3.63) is 54.1 Å². The smallest absolute Gasteiger partial charge is 0.260 e. The lowest BCUT2D eigenvalue weighted by atomic mass is 10.0. The average Bonchev–Trinajstić information content (AvgIpc) is 2.79. The van der Waals surface area contributed by atoms with Crippen molar-refractivity contribution in [2.75, 3.05) is 33.4 Å². The molecular formula is C23H28N2O5. The van der Waals surface area contributed by atoms with E-state index in [-0.39, 0.29) is 24.5 Å². The van der Waals surface area contributed by atoms with Gasteiger partial charge in [0.15, 0.2) is 18.1 Å². The van der Waals surface area contributed by atoms with Crippen LogP contribution in [0.5, 0.6) is 17.2 Å². The summed E-state index contributed by atoms with van der Waals surface area (Å²) in [7, 11) is 1.59. The minimum Gasteiger partial charge on any atom is -0.497 e. The third-order valence-corrected chi connectivity index (χ3v) is 5.04. The van der Waals surface area contributed by atoms with Gasteiger partial charge in [-0.15, -0.1) is 0 Å². The molecule has 0 spiro atoms. The van der Waals surface area contributed by atoms with Crippen LogP contribution in [0.3, 0.4) is 0 Å². The molecule has 0 saturated carbocycles. The van der Waals surface area contributed by atoms with Crippen LogP contribution in [0.1, 0.15) is 30.1 Å². The van der Waals surface area contributed by atoms with Gasteiger partial charge in [0, 0.05) is 24.7 Å². The lowest BCUT2D eigenvalue weighted by Gasteiger charge is -2.32. The molecule has 0 unspecified atom stereocenters. The first-order valence-electron chi connectivity index (χ1n) is 10.2. The molecule has 7 heteroatoms. The van der Waals surface area contributed by atoms with Crippen molar-refractivity contribution in [2.45, 2.75) is 25.8 Å². The summed E-state index contributed by atoms with van der Waals surface area (Å²) in [5.74, 6) is 1.73. The molecule has 2 aromatic carbocycles. The minimum absolute atomic E-state index is 0.0348. The zero-order valence-corrected chi connectivity index (χ0v) is 17.4. The van der Waals surface area contributed by atoms with E-state index in [1.807, 2.05) is 25.1 Å². The predicted molar refractivity (Wildman–Crippen MR) is 113 cm³/mol. The maximum absolute atomic E-state index is 12.5. The van der Waals surface area contributed by atoms with Gasteiger partial charge < -0.3 is 24.4 Å². The summed E-state index contributed by atoms with van der Waals surface area (Å²) in [5, 5.41) is 3.05. The summed E-state index contributed by atoms with van der Waals surface area (Å²) in [6.07, 6.45) is 1.42. The van der Waals surface area contributed by atoms with Crippen LogP contribution in [0.4, 0.5) is 0 Å². The number of benzene rings is 2. The van der Waals surface area contributed by atoms with Crippen LogP contribution >= 0.6 is 0 Å². The molecule has 160 valence electrons. The van der Waals surface area contributed by atoms with Crippen LogP contribution in [0.15, 0.2) is 48.5 Å². The van der Waals surface area contributed by atoms with Crippen LogP contribution in [0.25, 0.3) is 0 Å². The van der Waals surface area contributed by atoms with Gasteiger partial charge in [-0.05, 0) is 56.2 Å². The lowest BCUT2D eigenvalue weighted by molar-refractivity contribution is -0.134. The second-order valence-corrected chi connectivity index (χ2v) is 7.03. The SMILES string of the molecule is CCOc1ccccc1OCC(=O)N1CCC(NC(=O)c2ccc(OC)cc2)CC1. The summed E-state index contributed by atoms with van der Waals surface area (Å²) in [5.41, 5.74) is 0.593. The number of hydrogen-bond acceptors (Lipinski definition) is 5. The molecule has 7 nitrogen and oxygen atoms in total. The highest BCUT2D eigenvalue weighted by atomic mass is 16.5. The van der Waals surface area contributed by atoms with Crippen molar-refractivity contribution in [2.24, 2.45) is 0 Å². The first-order valence-corrected chi connectivity index (χ1v) is 10.2. The molecule has 0 aliphatic carbocycles. The molecule has 3 rings (SSSR count). The zero-order valence-electron chi connectivity index (χ0n) is 17.4. The quantitative estimate of drug-likeness (QED) is 0.721. The van der Waals surface area contributed by atoms with Gasteiger partial charge in [-0.2, -0.15) is 0 Å². The Hall–Kier alpha value is -3.22. The second kappa shape index (κ2) is 10.5. The summed E-state index contributed by atoms with van der Waals surface area (Å²) in [4.78, 5) is 26.7. The van der Waals surface area contributed by atoms with E-state index in [4.69, 9.17) is 14.2 Å². The monoisotopic (exact) mass is 412 g/mol. The molecule has 1 N–H and O–H groups in total. The average molecular weight is 412 g/mol. The molecule has 1 aliphatic rings. The number of carbonyl (C=O) groups excluding carboxylic acids is 2. The molecule has 0 aromatic heterocycles. The van der Waals surface area contributed by atoms with Gasteiger partial charge in [0.2, 0.25) is 0 Å². The molecule has 1 fully saturated rings. The number of nitrogens with one attached hydrogen (secondary N) is 1. The lowest BCUT2D eigenvalue weighted by Crippen LogP contribution is -2.47. The van der Waals surface area contributed by atoms with E-state index in [0.29, 0.717) is 55.4 Å². The van der Waals surface area contributed by atoms with Crippen LogP contribution < -0.4 is 19.5 Å². The molecule has 2 aromatic rings. The molecule has 0 radical (unpaired) electrons. The van der Waals surface area contributed by atoms with Gasteiger partial charge in [-0.25, -0.2) is 0 Å². The number of piperidine rings is 1. The highest BCUT2D eigenvalue weighted by Gasteiger charge is 2.24. The maximum atomic E-state index is 12.5. The number of rotatable bonds is 8. The predicted octanol–water partition coefficient (Wildman–Crippen LogP) is 2.89. The van der Waals surface area contributed by atoms with Crippen LogP contribution in [0, 0.1) is 0 Å². The highest BCUT2D eigenvalue weighted by molar-refractivity contribution is 5.94. The number of amides is 2. The minimum atomic E-state index is -0.113. The van der Waals surface area contributed by atoms with Crippen molar-refractivity contribution < 1.29 is 23.8 Å². The van der Waals surface area contributed by atoms with Crippen molar-refractivity contribution in [3.8, 4) is 17.2 Å². The Morgan fingerprint density at radius 3 is 2.23 bits per heavy atom. The zero-order chi connectivity index (χ0) is 21.3. The molecule has 1 aliphatic heterocycles. The fourth-order valence-corrected chi connectivity index (χ4v) is 3.36. The summed E-state index contributed by atoms with van der Waals surface area (Å²) in [6.45, 7) is 3.57. The van der Waals surface area contributed by atoms with Gasteiger partial charge in [0.25, 0.3) is 11.8 Å². The molecular weight excluding hydrogens is 384 g/mol. The molecule has 0 atom stereocenters. The largest absolute Gasteiger partial charge is 0.497 e.